The van der Waals surface area contributed by atoms with Gasteiger partial charge in [0.25, 0.3) is 0 Å². The number of fused-ring (bicyclic) bond motifs is 4. The molecule has 6 aromatic carbocycles. The molecule has 7 aromatic rings. The number of hydrogen-bond donors (Lipinski definition) is 1. The van der Waals surface area contributed by atoms with Crippen LogP contribution < -0.4 is 4.90 Å². The molecule has 2 heteroatoms. The minimum absolute atomic E-state index is 1.12. The van der Waals surface area contributed by atoms with Gasteiger partial charge in [-0.25, -0.2) is 0 Å². The molecule has 0 saturated carbocycles. The average Bonchev–Trinajstić information content (AvgIpc) is 3.32. The Balaban J connectivity index is 1.43. The molecule has 1 heterocycles. The summed E-state index contributed by atoms with van der Waals surface area (Å²) in [6, 6.07) is 49.8. The number of aromatic nitrogens is 1. The van der Waals surface area contributed by atoms with Crippen LogP contribution in [0.2, 0.25) is 0 Å². The van der Waals surface area contributed by atoms with Crippen molar-refractivity contribution in [1.82, 2.24) is 4.98 Å². The van der Waals surface area contributed by atoms with Gasteiger partial charge in [0.15, 0.2) is 0 Å². The molecular formula is C34H24N2. The van der Waals surface area contributed by atoms with Crippen LogP contribution in [0.1, 0.15) is 0 Å². The summed E-state index contributed by atoms with van der Waals surface area (Å²) in [6.07, 6.45) is 0. The highest BCUT2D eigenvalue weighted by atomic mass is 15.1. The van der Waals surface area contributed by atoms with E-state index in [1.807, 2.05) is 0 Å². The van der Waals surface area contributed by atoms with Crippen molar-refractivity contribution in [1.29, 1.82) is 0 Å². The zero-order valence-electron chi connectivity index (χ0n) is 19.7. The normalized spacial score (nSPS) is 11.3. The fourth-order valence-corrected chi connectivity index (χ4v) is 5.25. The van der Waals surface area contributed by atoms with Gasteiger partial charge >= 0.3 is 0 Å². The van der Waals surface area contributed by atoms with Gasteiger partial charge in [0.2, 0.25) is 0 Å². The van der Waals surface area contributed by atoms with Crippen LogP contribution >= 0.6 is 0 Å². The van der Waals surface area contributed by atoms with Crippen LogP contribution in [0.4, 0.5) is 17.1 Å². The van der Waals surface area contributed by atoms with E-state index < -0.39 is 0 Å². The molecule has 36 heavy (non-hydrogen) atoms. The van der Waals surface area contributed by atoms with Gasteiger partial charge in [-0.3, -0.25) is 0 Å². The first-order chi connectivity index (χ1) is 17.8. The fourth-order valence-electron chi connectivity index (χ4n) is 5.25. The lowest BCUT2D eigenvalue weighted by molar-refractivity contribution is 1.30. The van der Waals surface area contributed by atoms with Crippen molar-refractivity contribution in [3.05, 3.63) is 140 Å². The van der Waals surface area contributed by atoms with Crippen LogP contribution in [-0.2, 0) is 0 Å². The minimum atomic E-state index is 1.12. The highest BCUT2D eigenvalue weighted by Crippen LogP contribution is 2.41. The quantitative estimate of drug-likeness (QED) is 0.277. The molecule has 0 saturated heterocycles. The summed E-state index contributed by atoms with van der Waals surface area (Å²) in [5, 5.41) is 4.95. The van der Waals surface area contributed by atoms with E-state index in [0.717, 1.165) is 28.1 Å². The SMILES string of the molecule is c1ccc(-c2ccc(N(c3ccc4c(c3)[nH]c3ccccc34)c3cccc4ccccc34)cc2)cc1. The zero-order valence-corrected chi connectivity index (χ0v) is 19.7. The summed E-state index contributed by atoms with van der Waals surface area (Å²) in [5.41, 5.74) is 8.15. The van der Waals surface area contributed by atoms with Crippen LogP contribution in [0.25, 0.3) is 43.7 Å². The third-order valence-corrected chi connectivity index (χ3v) is 6.99. The van der Waals surface area contributed by atoms with Gasteiger partial charge in [0.05, 0.1) is 5.69 Å². The molecule has 1 N–H and O–H groups in total. The van der Waals surface area contributed by atoms with Crippen LogP contribution in [0.15, 0.2) is 140 Å². The number of nitrogens with one attached hydrogen (secondary N) is 1. The Morgan fingerprint density at radius 3 is 1.92 bits per heavy atom. The minimum Gasteiger partial charge on any atom is -0.354 e. The van der Waals surface area contributed by atoms with Gasteiger partial charge in [-0.05, 0) is 52.9 Å². The van der Waals surface area contributed by atoms with Crippen LogP contribution in [-0.4, -0.2) is 4.98 Å². The predicted molar refractivity (Wildman–Crippen MR) is 153 cm³/mol. The molecule has 1 aromatic heterocycles. The van der Waals surface area contributed by atoms with E-state index in [1.165, 1.54) is 32.7 Å². The zero-order chi connectivity index (χ0) is 23.9. The first kappa shape index (κ1) is 20.5. The number of anilines is 3. The maximum atomic E-state index is 3.62. The average molecular weight is 461 g/mol. The van der Waals surface area contributed by atoms with Gasteiger partial charge in [-0.15, -0.1) is 0 Å². The number of rotatable bonds is 4. The van der Waals surface area contributed by atoms with Crippen molar-refractivity contribution in [2.45, 2.75) is 0 Å². The second-order valence-corrected chi connectivity index (χ2v) is 9.15. The molecule has 0 aliphatic rings. The van der Waals surface area contributed by atoms with Crippen molar-refractivity contribution in [2.75, 3.05) is 4.90 Å². The van der Waals surface area contributed by atoms with E-state index in [-0.39, 0.29) is 0 Å². The third kappa shape index (κ3) is 3.43. The Morgan fingerprint density at radius 1 is 0.417 bits per heavy atom. The molecule has 2 nitrogen and oxygen atoms in total. The monoisotopic (exact) mass is 460 g/mol. The van der Waals surface area contributed by atoms with Crippen molar-refractivity contribution < 1.29 is 0 Å². The molecule has 170 valence electrons. The van der Waals surface area contributed by atoms with E-state index in [0.29, 0.717) is 0 Å². The molecular weight excluding hydrogens is 436 g/mol. The summed E-state index contributed by atoms with van der Waals surface area (Å²) in [5.74, 6) is 0. The summed E-state index contributed by atoms with van der Waals surface area (Å²) >= 11 is 0. The summed E-state index contributed by atoms with van der Waals surface area (Å²) in [4.78, 5) is 5.98. The standard InChI is InChI=1S/C34H24N2/c1-2-9-24(10-3-1)25-17-19-27(20-18-25)36(34-16-8-12-26-11-4-5-13-29(26)34)28-21-22-31-30-14-6-7-15-32(30)35-33(31)23-28/h1-23,35H. The van der Waals surface area contributed by atoms with Gasteiger partial charge in [0, 0.05) is 38.6 Å². The predicted octanol–water partition coefficient (Wildman–Crippen LogP) is 9.61. The Kier molecular flexibility index (Phi) is 4.82. The van der Waals surface area contributed by atoms with Crippen LogP contribution in [0.5, 0.6) is 0 Å². The molecule has 0 unspecified atom stereocenters. The van der Waals surface area contributed by atoms with E-state index >= 15 is 0 Å². The molecule has 0 fully saturated rings. The highest BCUT2D eigenvalue weighted by Gasteiger charge is 2.16. The fraction of sp³-hybridized carbons (Fsp3) is 0. The second-order valence-electron chi connectivity index (χ2n) is 9.15. The lowest BCUT2D eigenvalue weighted by Crippen LogP contribution is -2.10. The largest absolute Gasteiger partial charge is 0.354 e. The highest BCUT2D eigenvalue weighted by molar-refractivity contribution is 6.09. The Labute approximate surface area is 210 Å². The van der Waals surface area contributed by atoms with Gasteiger partial charge in [-0.1, -0.05) is 103 Å². The molecule has 0 aliphatic heterocycles. The van der Waals surface area contributed by atoms with E-state index in [9.17, 15) is 0 Å². The number of hydrogen-bond acceptors (Lipinski definition) is 1. The number of aromatic amines is 1. The Morgan fingerprint density at radius 2 is 1.06 bits per heavy atom. The lowest BCUT2D eigenvalue weighted by atomic mass is 10.0. The van der Waals surface area contributed by atoms with Crippen molar-refractivity contribution in [3.8, 4) is 11.1 Å². The number of para-hydroxylation sites is 1. The molecule has 0 aliphatic carbocycles. The lowest BCUT2D eigenvalue weighted by Gasteiger charge is -2.27. The van der Waals surface area contributed by atoms with E-state index in [1.54, 1.807) is 0 Å². The van der Waals surface area contributed by atoms with Crippen molar-refractivity contribution >= 4 is 49.6 Å². The first-order valence-electron chi connectivity index (χ1n) is 12.3. The second kappa shape index (κ2) is 8.44. The molecule has 0 atom stereocenters. The smallest absolute Gasteiger partial charge is 0.0540 e. The maximum Gasteiger partial charge on any atom is 0.0540 e. The van der Waals surface area contributed by atoms with Gasteiger partial charge < -0.3 is 9.88 Å². The van der Waals surface area contributed by atoms with Crippen LogP contribution in [0.3, 0.4) is 0 Å². The number of nitrogens with zero attached hydrogens (tertiary/aromatic N) is 1. The van der Waals surface area contributed by atoms with Gasteiger partial charge in [-0.2, -0.15) is 0 Å². The number of benzene rings is 6. The molecule has 0 amide bonds. The summed E-state index contributed by atoms with van der Waals surface area (Å²) < 4.78 is 0. The molecule has 0 spiro atoms. The first-order valence-corrected chi connectivity index (χ1v) is 12.3. The molecule has 0 radical (unpaired) electrons. The van der Waals surface area contributed by atoms with Crippen molar-refractivity contribution in [3.63, 3.8) is 0 Å². The van der Waals surface area contributed by atoms with Gasteiger partial charge in [0.1, 0.15) is 0 Å². The third-order valence-electron chi connectivity index (χ3n) is 6.99. The Hall–Kier alpha value is -4.82. The number of H-pyrrole nitrogens is 1. The summed E-state index contributed by atoms with van der Waals surface area (Å²) in [7, 11) is 0. The maximum absolute atomic E-state index is 3.62. The van der Waals surface area contributed by atoms with E-state index in [2.05, 4.69) is 149 Å². The summed E-state index contributed by atoms with van der Waals surface area (Å²) in [6.45, 7) is 0. The molecule has 7 rings (SSSR count). The Bertz CT molecular complexity index is 1820. The van der Waals surface area contributed by atoms with Crippen LogP contribution in [0, 0.1) is 0 Å². The van der Waals surface area contributed by atoms with Crippen molar-refractivity contribution in [2.24, 2.45) is 0 Å². The van der Waals surface area contributed by atoms with E-state index in [4.69, 9.17) is 0 Å². The molecule has 0 bridgehead atoms. The topological polar surface area (TPSA) is 19.0 Å².